The Morgan fingerprint density at radius 3 is 2.69 bits per heavy atom. The zero-order valence-electron chi connectivity index (χ0n) is 16.5. The first-order valence-electron chi connectivity index (χ1n) is 9.54. The first kappa shape index (κ1) is 21.3. The molecule has 11 heteroatoms. The highest BCUT2D eigenvalue weighted by atomic mass is 19.4. The normalized spacial score (nSPS) is 21.8. The van der Waals surface area contributed by atoms with Gasteiger partial charge in [-0.2, -0.15) is 23.3 Å². The minimum Gasteiger partial charge on any atom is -0.372 e. The fraction of sp³-hybridized carbons (Fsp3) is 0.611. The van der Waals surface area contributed by atoms with Crippen molar-refractivity contribution < 1.29 is 17.6 Å². The summed E-state index contributed by atoms with van der Waals surface area (Å²) < 4.78 is 55.1. The molecule has 0 saturated carbocycles. The first-order valence-corrected chi connectivity index (χ1v) is 9.54. The number of piperidine rings is 1. The molecule has 1 saturated heterocycles. The molecule has 3 atom stereocenters. The van der Waals surface area contributed by atoms with E-state index in [4.69, 9.17) is 0 Å². The highest BCUT2D eigenvalue weighted by Gasteiger charge is 2.35. The highest BCUT2D eigenvalue weighted by molar-refractivity contribution is 5.55. The molecule has 0 spiro atoms. The van der Waals surface area contributed by atoms with E-state index in [-0.39, 0.29) is 17.8 Å². The third-order valence-corrected chi connectivity index (χ3v) is 5.28. The number of nitrogens with one attached hydrogen (secondary N) is 2. The van der Waals surface area contributed by atoms with Gasteiger partial charge in [-0.05, 0) is 19.8 Å². The maximum absolute atomic E-state index is 14.7. The van der Waals surface area contributed by atoms with Crippen LogP contribution in [0.25, 0.3) is 0 Å². The third kappa shape index (κ3) is 4.77. The quantitative estimate of drug-likeness (QED) is 0.699. The van der Waals surface area contributed by atoms with Gasteiger partial charge in [0.1, 0.15) is 17.6 Å². The van der Waals surface area contributed by atoms with Crippen LogP contribution in [0.1, 0.15) is 38.3 Å². The van der Waals surface area contributed by atoms with Crippen molar-refractivity contribution in [1.82, 2.24) is 24.6 Å². The number of aromatic nitrogens is 4. The molecule has 0 radical (unpaired) electrons. The van der Waals surface area contributed by atoms with Crippen LogP contribution in [0, 0.1) is 0 Å². The minimum absolute atomic E-state index is 0.00899. The van der Waals surface area contributed by atoms with Crippen LogP contribution in [0.15, 0.2) is 18.6 Å². The molecule has 1 aliphatic rings. The van der Waals surface area contributed by atoms with Crippen molar-refractivity contribution in [2.45, 2.75) is 51.1 Å². The van der Waals surface area contributed by atoms with Crippen LogP contribution in [0.3, 0.4) is 0 Å². The number of hydrogen-bond donors (Lipinski definition) is 2. The summed E-state index contributed by atoms with van der Waals surface area (Å²) in [6, 6.07) is -0.0468. The Balaban J connectivity index is 1.70. The molecule has 3 heterocycles. The predicted molar refractivity (Wildman–Crippen MR) is 102 cm³/mol. The molecular formula is C18H25F4N7. The summed E-state index contributed by atoms with van der Waals surface area (Å²) in [5.74, 6) is -0.339. The number of rotatable bonds is 6. The van der Waals surface area contributed by atoms with Crippen LogP contribution in [0.4, 0.5) is 35.0 Å². The average Bonchev–Trinajstić information content (AvgIpc) is 3.14. The van der Waals surface area contributed by atoms with Gasteiger partial charge in [0.05, 0.1) is 17.9 Å². The van der Waals surface area contributed by atoms with E-state index in [1.54, 1.807) is 10.9 Å². The molecule has 0 aliphatic carbocycles. The SMILES string of the molecule is CCC(C)N1CC[C@@H](n2cc(Nc3ncc(C(F)(F)F)c(NC)n3)cn2)[C@H](F)C1. The molecule has 7 nitrogen and oxygen atoms in total. The Morgan fingerprint density at radius 1 is 1.31 bits per heavy atom. The minimum atomic E-state index is -4.55. The molecule has 0 bridgehead atoms. The number of nitrogens with zero attached hydrogens (tertiary/aromatic N) is 5. The first-order chi connectivity index (χ1) is 13.7. The fourth-order valence-corrected chi connectivity index (χ4v) is 3.43. The summed E-state index contributed by atoms with van der Waals surface area (Å²) >= 11 is 0. The van der Waals surface area contributed by atoms with Crippen molar-refractivity contribution >= 4 is 17.5 Å². The van der Waals surface area contributed by atoms with Gasteiger partial charge < -0.3 is 10.6 Å². The molecule has 1 aliphatic heterocycles. The highest BCUT2D eigenvalue weighted by Crippen LogP contribution is 2.34. The molecule has 0 amide bonds. The Kier molecular flexibility index (Phi) is 6.25. The molecule has 1 unspecified atom stereocenters. The van der Waals surface area contributed by atoms with Gasteiger partial charge in [0.25, 0.3) is 0 Å². The Hall–Kier alpha value is -2.43. The molecule has 2 N–H and O–H groups in total. The van der Waals surface area contributed by atoms with E-state index in [0.717, 1.165) is 13.0 Å². The summed E-state index contributed by atoms with van der Waals surface area (Å²) in [5.41, 5.74) is -0.474. The van der Waals surface area contributed by atoms with Gasteiger partial charge in [0.2, 0.25) is 5.95 Å². The van der Waals surface area contributed by atoms with Gasteiger partial charge in [-0.25, -0.2) is 9.37 Å². The standard InChI is InChI=1S/C18H25F4N7/c1-4-11(2)28-6-5-15(14(19)10-28)29-9-12(7-25-29)26-17-24-8-13(18(20,21)22)16(23-3)27-17/h7-9,11,14-15H,4-6,10H2,1-3H3,(H2,23,24,26,27)/t11?,14-,15-/m1/s1. The average molecular weight is 415 g/mol. The van der Waals surface area contributed by atoms with Gasteiger partial charge in [0.15, 0.2) is 0 Å². The van der Waals surface area contributed by atoms with E-state index in [1.807, 2.05) is 0 Å². The van der Waals surface area contributed by atoms with Gasteiger partial charge in [-0.3, -0.25) is 9.58 Å². The zero-order valence-corrected chi connectivity index (χ0v) is 16.5. The second-order valence-electron chi connectivity index (χ2n) is 7.16. The molecule has 2 aromatic heterocycles. The van der Waals surface area contributed by atoms with Crippen molar-refractivity contribution in [2.24, 2.45) is 0 Å². The topological polar surface area (TPSA) is 70.9 Å². The Labute approximate surface area is 166 Å². The summed E-state index contributed by atoms with van der Waals surface area (Å²) in [6.07, 6.45) is -0.189. The predicted octanol–water partition coefficient (Wildman–Crippen LogP) is 3.86. The lowest BCUT2D eigenvalue weighted by atomic mass is 10.0. The zero-order chi connectivity index (χ0) is 21.2. The molecule has 0 aromatic carbocycles. The maximum atomic E-state index is 14.7. The van der Waals surface area contributed by atoms with Crippen molar-refractivity contribution in [3.05, 3.63) is 24.2 Å². The van der Waals surface area contributed by atoms with Crippen LogP contribution in [-0.2, 0) is 6.18 Å². The smallest absolute Gasteiger partial charge is 0.372 e. The third-order valence-electron chi connectivity index (χ3n) is 5.28. The summed E-state index contributed by atoms with van der Waals surface area (Å²) in [5, 5.41) is 9.47. The molecular weight excluding hydrogens is 390 g/mol. The lowest BCUT2D eigenvalue weighted by Gasteiger charge is -2.37. The van der Waals surface area contributed by atoms with Crippen LogP contribution in [0.5, 0.6) is 0 Å². The van der Waals surface area contributed by atoms with Crippen LogP contribution in [-0.4, -0.2) is 57.0 Å². The van der Waals surface area contributed by atoms with Crippen molar-refractivity contribution in [1.29, 1.82) is 0 Å². The lowest BCUT2D eigenvalue weighted by molar-refractivity contribution is -0.137. The van der Waals surface area contributed by atoms with Gasteiger partial charge in [-0.15, -0.1) is 0 Å². The van der Waals surface area contributed by atoms with Crippen molar-refractivity contribution in [2.75, 3.05) is 30.8 Å². The van der Waals surface area contributed by atoms with Gasteiger partial charge in [0, 0.05) is 38.6 Å². The van der Waals surface area contributed by atoms with E-state index >= 15 is 0 Å². The summed E-state index contributed by atoms with van der Waals surface area (Å²) in [7, 11) is 1.35. The Morgan fingerprint density at radius 2 is 2.07 bits per heavy atom. The summed E-state index contributed by atoms with van der Waals surface area (Å²) in [6.45, 7) is 5.32. The molecule has 29 heavy (non-hydrogen) atoms. The number of hydrogen-bond acceptors (Lipinski definition) is 6. The van der Waals surface area contributed by atoms with Gasteiger partial charge in [-0.1, -0.05) is 6.92 Å². The van der Waals surface area contributed by atoms with E-state index in [9.17, 15) is 17.6 Å². The van der Waals surface area contributed by atoms with E-state index in [2.05, 4.69) is 44.4 Å². The second-order valence-corrected chi connectivity index (χ2v) is 7.16. The van der Waals surface area contributed by atoms with Crippen LogP contribution in [0.2, 0.25) is 0 Å². The lowest BCUT2D eigenvalue weighted by Crippen LogP contribution is -2.46. The maximum Gasteiger partial charge on any atom is 0.421 e. The number of likely N-dealkylation sites (tertiary alicyclic amines) is 1. The fourth-order valence-electron chi connectivity index (χ4n) is 3.43. The van der Waals surface area contributed by atoms with Crippen LogP contribution < -0.4 is 10.6 Å². The van der Waals surface area contributed by atoms with E-state index in [1.165, 1.54) is 13.2 Å². The molecule has 160 valence electrons. The molecule has 1 fully saturated rings. The van der Waals surface area contributed by atoms with Crippen molar-refractivity contribution in [3.8, 4) is 0 Å². The number of halogens is 4. The van der Waals surface area contributed by atoms with Crippen molar-refractivity contribution in [3.63, 3.8) is 0 Å². The summed E-state index contributed by atoms with van der Waals surface area (Å²) in [4.78, 5) is 9.72. The second kappa shape index (κ2) is 8.52. The largest absolute Gasteiger partial charge is 0.421 e. The van der Waals surface area contributed by atoms with E-state index < -0.39 is 17.9 Å². The number of anilines is 3. The molecule has 2 aromatic rings. The molecule has 3 rings (SSSR count). The van der Waals surface area contributed by atoms with E-state index in [0.29, 0.717) is 30.9 Å². The van der Waals surface area contributed by atoms with Crippen LogP contribution >= 0.6 is 0 Å². The monoisotopic (exact) mass is 415 g/mol. The Bertz CT molecular complexity index is 823. The number of alkyl halides is 4. The van der Waals surface area contributed by atoms with Gasteiger partial charge >= 0.3 is 6.18 Å².